The van der Waals surface area contributed by atoms with Crippen LogP contribution in [0.3, 0.4) is 0 Å². The van der Waals surface area contributed by atoms with Gasteiger partial charge in [-0.3, -0.25) is 0 Å². The lowest BCUT2D eigenvalue weighted by Crippen LogP contribution is -2.46. The zero-order chi connectivity index (χ0) is 12.2. The Morgan fingerprint density at radius 1 is 1.31 bits per heavy atom. The first-order valence-corrected chi connectivity index (χ1v) is 7.42. The molecule has 4 N–H and O–H groups in total. The summed E-state index contributed by atoms with van der Waals surface area (Å²) in [4.78, 5) is 0. The minimum atomic E-state index is -3.34. The zero-order valence-corrected chi connectivity index (χ0v) is 10.9. The summed E-state index contributed by atoms with van der Waals surface area (Å²) >= 11 is 0. The van der Waals surface area contributed by atoms with Crippen LogP contribution in [0, 0.1) is 5.41 Å². The van der Waals surface area contributed by atoms with Gasteiger partial charge < -0.3 is 5.73 Å². The molecule has 1 rings (SSSR count). The third-order valence-electron chi connectivity index (χ3n) is 3.47. The molecule has 16 heavy (non-hydrogen) atoms. The van der Waals surface area contributed by atoms with E-state index in [9.17, 15) is 8.42 Å². The largest absolute Gasteiger partial charge is 0.330 e. The van der Waals surface area contributed by atoms with Crippen LogP contribution in [0.15, 0.2) is 0 Å². The second-order valence-electron chi connectivity index (χ2n) is 4.63. The first-order chi connectivity index (χ1) is 7.47. The Labute approximate surface area is 98.4 Å². The number of nitrogens with one attached hydrogen (secondary N) is 2. The monoisotopic (exact) mass is 249 g/mol. The topological polar surface area (TPSA) is 84.2 Å². The van der Waals surface area contributed by atoms with E-state index in [-0.39, 0.29) is 11.5 Å². The molecule has 0 heterocycles. The van der Waals surface area contributed by atoms with Gasteiger partial charge in [0.1, 0.15) is 0 Å². The molecule has 5 nitrogen and oxygen atoms in total. The van der Waals surface area contributed by atoms with Gasteiger partial charge in [0.05, 0.1) is 0 Å². The van der Waals surface area contributed by atoms with Crippen LogP contribution >= 0.6 is 0 Å². The number of hydrogen-bond donors (Lipinski definition) is 3. The van der Waals surface area contributed by atoms with Crippen LogP contribution in [0.25, 0.3) is 0 Å². The Balaban J connectivity index is 2.46. The first-order valence-electron chi connectivity index (χ1n) is 5.94. The third-order valence-corrected chi connectivity index (χ3v) is 4.64. The minimum Gasteiger partial charge on any atom is -0.330 e. The molecule has 0 aromatic heterocycles. The number of nitrogens with two attached hydrogens (primary N) is 1. The first kappa shape index (κ1) is 13.9. The second kappa shape index (κ2) is 5.44. The van der Waals surface area contributed by atoms with Crippen molar-refractivity contribution in [2.45, 2.75) is 45.6 Å². The van der Waals surface area contributed by atoms with Crippen LogP contribution in [-0.4, -0.2) is 27.5 Å². The highest BCUT2D eigenvalue weighted by Gasteiger charge is 2.30. The molecule has 0 atom stereocenters. The van der Waals surface area contributed by atoms with Gasteiger partial charge in [0.2, 0.25) is 0 Å². The van der Waals surface area contributed by atoms with Gasteiger partial charge in [0, 0.05) is 12.6 Å². The van der Waals surface area contributed by atoms with Crippen molar-refractivity contribution in [1.82, 2.24) is 9.44 Å². The molecule has 0 radical (unpaired) electrons. The molecule has 0 aromatic carbocycles. The maximum Gasteiger partial charge on any atom is 0.277 e. The van der Waals surface area contributed by atoms with Crippen molar-refractivity contribution in [3.63, 3.8) is 0 Å². The summed E-state index contributed by atoms with van der Waals surface area (Å²) in [5.74, 6) is 0. The zero-order valence-electron chi connectivity index (χ0n) is 10.1. The van der Waals surface area contributed by atoms with E-state index in [0.717, 1.165) is 25.7 Å². The van der Waals surface area contributed by atoms with E-state index in [1.807, 2.05) is 13.8 Å². The summed E-state index contributed by atoms with van der Waals surface area (Å²) in [5, 5.41) is 0. The van der Waals surface area contributed by atoms with Crippen LogP contribution in [0.1, 0.15) is 39.5 Å². The predicted octanol–water partition coefficient (Wildman–Crippen LogP) is 0.338. The second-order valence-corrected chi connectivity index (χ2v) is 6.16. The molecule has 1 aliphatic carbocycles. The molecule has 0 saturated heterocycles. The fraction of sp³-hybridized carbons (Fsp3) is 1.00. The summed E-state index contributed by atoms with van der Waals surface area (Å²) in [6, 6.07) is 0.146. The van der Waals surface area contributed by atoms with Crippen LogP contribution in [-0.2, 0) is 10.2 Å². The van der Waals surface area contributed by atoms with Gasteiger partial charge in [-0.25, -0.2) is 4.72 Å². The molecule has 1 aliphatic rings. The van der Waals surface area contributed by atoms with E-state index in [1.54, 1.807) is 0 Å². The van der Waals surface area contributed by atoms with Gasteiger partial charge in [-0.1, -0.05) is 13.8 Å². The van der Waals surface area contributed by atoms with Gasteiger partial charge in [-0.05, 0) is 37.6 Å². The highest BCUT2D eigenvalue weighted by Crippen LogP contribution is 2.24. The maximum absolute atomic E-state index is 11.6. The average molecular weight is 249 g/mol. The smallest absolute Gasteiger partial charge is 0.277 e. The lowest BCUT2D eigenvalue weighted by atomic mass is 9.83. The third kappa shape index (κ3) is 4.01. The Bertz CT molecular complexity index is 300. The van der Waals surface area contributed by atoms with E-state index in [2.05, 4.69) is 9.44 Å². The SMILES string of the molecule is CCC(CC)(CN)CNS(=O)(=O)NC1CC1. The number of hydrogen-bond acceptors (Lipinski definition) is 3. The summed E-state index contributed by atoms with van der Waals surface area (Å²) in [6.45, 7) is 5.00. The molecule has 1 saturated carbocycles. The van der Waals surface area contributed by atoms with Crippen molar-refractivity contribution in [2.24, 2.45) is 11.1 Å². The summed E-state index contributed by atoms with van der Waals surface area (Å²) in [7, 11) is -3.34. The Kier molecular flexibility index (Phi) is 4.73. The van der Waals surface area contributed by atoms with Gasteiger partial charge in [-0.2, -0.15) is 13.1 Å². The Morgan fingerprint density at radius 3 is 2.25 bits per heavy atom. The van der Waals surface area contributed by atoms with E-state index in [4.69, 9.17) is 5.73 Å². The highest BCUT2D eigenvalue weighted by atomic mass is 32.2. The molecule has 0 amide bonds. The van der Waals surface area contributed by atoms with Gasteiger partial charge in [-0.15, -0.1) is 0 Å². The molecule has 0 unspecified atom stereocenters. The normalized spacial score (nSPS) is 17.7. The standard InChI is InChI=1S/C10H23N3O2S/c1-3-10(4-2,7-11)8-12-16(14,15)13-9-5-6-9/h9,12-13H,3-8,11H2,1-2H3. The van der Waals surface area contributed by atoms with Gasteiger partial charge in [0.15, 0.2) is 0 Å². The lowest BCUT2D eigenvalue weighted by Gasteiger charge is -2.30. The van der Waals surface area contributed by atoms with Crippen molar-refractivity contribution in [3.8, 4) is 0 Å². The Morgan fingerprint density at radius 2 is 1.88 bits per heavy atom. The molecular formula is C10H23N3O2S. The minimum absolute atomic E-state index is 0.113. The summed E-state index contributed by atoms with van der Waals surface area (Å²) < 4.78 is 28.4. The van der Waals surface area contributed by atoms with E-state index >= 15 is 0 Å². The van der Waals surface area contributed by atoms with E-state index < -0.39 is 10.2 Å². The van der Waals surface area contributed by atoms with Crippen LogP contribution in [0.2, 0.25) is 0 Å². The van der Waals surface area contributed by atoms with Gasteiger partial charge in [0.25, 0.3) is 10.2 Å². The average Bonchev–Trinajstić information content (AvgIpc) is 3.04. The van der Waals surface area contributed by atoms with Crippen LogP contribution in [0.4, 0.5) is 0 Å². The molecule has 6 heteroatoms. The maximum atomic E-state index is 11.6. The molecular weight excluding hydrogens is 226 g/mol. The molecule has 0 bridgehead atoms. The van der Waals surface area contributed by atoms with Crippen molar-refractivity contribution < 1.29 is 8.42 Å². The van der Waals surface area contributed by atoms with Crippen molar-refractivity contribution in [3.05, 3.63) is 0 Å². The van der Waals surface area contributed by atoms with Gasteiger partial charge >= 0.3 is 0 Å². The van der Waals surface area contributed by atoms with Crippen molar-refractivity contribution >= 4 is 10.2 Å². The summed E-state index contributed by atoms with van der Waals surface area (Å²) in [6.07, 6.45) is 3.66. The highest BCUT2D eigenvalue weighted by molar-refractivity contribution is 7.87. The van der Waals surface area contributed by atoms with Crippen molar-refractivity contribution in [2.75, 3.05) is 13.1 Å². The molecule has 1 fully saturated rings. The molecule has 96 valence electrons. The lowest BCUT2D eigenvalue weighted by molar-refractivity contribution is 0.274. The molecule has 0 aromatic rings. The summed E-state index contributed by atoms with van der Waals surface area (Å²) in [5.41, 5.74) is 5.60. The predicted molar refractivity (Wildman–Crippen MR) is 65.1 cm³/mol. The molecule has 0 spiro atoms. The van der Waals surface area contributed by atoms with Crippen LogP contribution < -0.4 is 15.2 Å². The fourth-order valence-electron chi connectivity index (χ4n) is 1.57. The fourth-order valence-corrected chi connectivity index (χ4v) is 2.83. The Hall–Kier alpha value is -0.170. The quantitative estimate of drug-likeness (QED) is 0.580. The van der Waals surface area contributed by atoms with E-state index in [0.29, 0.717) is 13.1 Å². The van der Waals surface area contributed by atoms with E-state index in [1.165, 1.54) is 0 Å². The van der Waals surface area contributed by atoms with Crippen molar-refractivity contribution in [1.29, 1.82) is 0 Å². The number of rotatable bonds is 8. The van der Waals surface area contributed by atoms with Crippen LogP contribution in [0.5, 0.6) is 0 Å². The molecule has 0 aliphatic heterocycles.